The lowest BCUT2D eigenvalue weighted by Gasteiger charge is -2.14. The van der Waals surface area contributed by atoms with Gasteiger partial charge in [-0.15, -0.1) is 0 Å². The molecule has 0 aliphatic rings. The molecule has 0 bridgehead atoms. The van der Waals surface area contributed by atoms with Gasteiger partial charge < -0.3 is 20.9 Å². The molecule has 0 saturated carbocycles. The molecule has 0 heterocycles. The Morgan fingerprint density at radius 3 is 2.47 bits per heavy atom. The predicted octanol–water partition coefficient (Wildman–Crippen LogP) is -0.355. The van der Waals surface area contributed by atoms with Crippen molar-refractivity contribution in [3.8, 4) is 0 Å². The van der Waals surface area contributed by atoms with E-state index in [-0.39, 0.29) is 6.54 Å². The summed E-state index contributed by atoms with van der Waals surface area (Å²) in [7, 11) is 1.16. The van der Waals surface area contributed by atoms with Crippen molar-refractivity contribution in [2.24, 2.45) is 5.73 Å². The summed E-state index contributed by atoms with van der Waals surface area (Å²) in [4.78, 5) is 22.7. The molecule has 0 aromatic heterocycles. The highest BCUT2D eigenvalue weighted by atomic mass is 16.5. The summed E-state index contributed by atoms with van der Waals surface area (Å²) in [6.07, 6.45) is -1.39. The molecule has 1 aromatic carbocycles. The summed E-state index contributed by atoms with van der Waals surface area (Å²) in [6.45, 7) is 1.70. The number of aliphatic hydroxyl groups is 1. The molecule has 1 aromatic rings. The molecule has 0 spiro atoms. The number of methoxy groups -OCH3 is 1. The Bertz CT molecular complexity index is 444. The third-order valence-electron chi connectivity index (χ3n) is 2.66. The van der Waals surface area contributed by atoms with E-state index in [9.17, 15) is 14.7 Å². The zero-order valence-corrected chi connectivity index (χ0v) is 10.9. The van der Waals surface area contributed by atoms with Crippen LogP contribution in [0.5, 0.6) is 0 Å². The number of aryl methyl sites for hydroxylation is 1. The van der Waals surface area contributed by atoms with Crippen LogP contribution in [0.25, 0.3) is 0 Å². The molecule has 2 atom stereocenters. The highest BCUT2D eigenvalue weighted by Crippen LogP contribution is 2.11. The number of amides is 1. The Balaban J connectivity index is 2.54. The lowest BCUT2D eigenvalue weighted by molar-refractivity contribution is -0.150. The van der Waals surface area contributed by atoms with Gasteiger partial charge >= 0.3 is 5.97 Å². The quantitative estimate of drug-likeness (QED) is 0.632. The number of ether oxygens (including phenoxy) is 1. The number of hydrogen-bond acceptors (Lipinski definition) is 5. The van der Waals surface area contributed by atoms with Crippen molar-refractivity contribution in [3.05, 3.63) is 35.4 Å². The molecule has 0 aliphatic carbocycles. The van der Waals surface area contributed by atoms with Crippen molar-refractivity contribution >= 4 is 11.9 Å². The highest BCUT2D eigenvalue weighted by molar-refractivity contribution is 5.83. The number of carbonyl (C=O) groups is 2. The van der Waals surface area contributed by atoms with Crippen LogP contribution < -0.4 is 11.1 Å². The van der Waals surface area contributed by atoms with Gasteiger partial charge in [-0.3, -0.25) is 4.79 Å². The lowest BCUT2D eigenvalue weighted by atomic mass is 10.1. The fourth-order valence-corrected chi connectivity index (χ4v) is 1.45. The smallest absolute Gasteiger partial charge is 0.336 e. The standard InChI is InChI=1S/C13H18N2O4/c1-8-3-5-9(6-4-8)11(14)12(17)15-7-10(16)13(18)19-2/h3-6,10-11,16H,7,14H2,1-2H3,(H,15,17). The van der Waals surface area contributed by atoms with Crippen molar-refractivity contribution in [2.45, 2.75) is 19.1 Å². The van der Waals surface area contributed by atoms with E-state index in [4.69, 9.17) is 5.73 Å². The Morgan fingerprint density at radius 1 is 1.37 bits per heavy atom. The minimum Gasteiger partial charge on any atom is -0.467 e. The van der Waals surface area contributed by atoms with Crippen LogP contribution in [-0.4, -0.2) is 36.7 Å². The van der Waals surface area contributed by atoms with Gasteiger partial charge in [0.2, 0.25) is 5.91 Å². The number of benzene rings is 1. The largest absolute Gasteiger partial charge is 0.467 e. The van der Waals surface area contributed by atoms with Gasteiger partial charge in [0.25, 0.3) is 0 Å². The monoisotopic (exact) mass is 266 g/mol. The van der Waals surface area contributed by atoms with E-state index in [0.717, 1.165) is 12.7 Å². The first kappa shape index (κ1) is 15.1. The Morgan fingerprint density at radius 2 is 1.95 bits per heavy atom. The second-order valence-corrected chi connectivity index (χ2v) is 4.17. The van der Waals surface area contributed by atoms with Gasteiger partial charge in [-0.25, -0.2) is 4.79 Å². The molecule has 1 amide bonds. The molecule has 0 aliphatic heterocycles. The molecular weight excluding hydrogens is 248 g/mol. The van der Waals surface area contributed by atoms with Gasteiger partial charge in [-0.2, -0.15) is 0 Å². The third kappa shape index (κ3) is 4.35. The first-order valence-corrected chi connectivity index (χ1v) is 5.81. The van der Waals surface area contributed by atoms with E-state index in [1.807, 2.05) is 19.1 Å². The van der Waals surface area contributed by atoms with Gasteiger partial charge in [-0.05, 0) is 12.5 Å². The van der Waals surface area contributed by atoms with Crippen molar-refractivity contribution < 1.29 is 19.4 Å². The number of nitrogens with one attached hydrogen (secondary N) is 1. The molecule has 1 rings (SSSR count). The van der Waals surface area contributed by atoms with Crippen LogP contribution in [0.4, 0.5) is 0 Å². The number of aliphatic hydroxyl groups excluding tert-OH is 1. The maximum atomic E-state index is 11.7. The highest BCUT2D eigenvalue weighted by Gasteiger charge is 2.20. The first-order chi connectivity index (χ1) is 8.95. The molecule has 6 nitrogen and oxygen atoms in total. The summed E-state index contributed by atoms with van der Waals surface area (Å²) >= 11 is 0. The zero-order valence-electron chi connectivity index (χ0n) is 10.9. The number of hydrogen-bond donors (Lipinski definition) is 3. The average Bonchev–Trinajstić information content (AvgIpc) is 2.43. The number of esters is 1. The van der Waals surface area contributed by atoms with Crippen LogP contribution in [0.2, 0.25) is 0 Å². The van der Waals surface area contributed by atoms with E-state index in [0.29, 0.717) is 5.56 Å². The van der Waals surface area contributed by atoms with Crippen molar-refractivity contribution in [1.82, 2.24) is 5.32 Å². The summed E-state index contributed by atoms with van der Waals surface area (Å²) in [5.74, 6) is -1.27. The van der Waals surface area contributed by atoms with Gasteiger partial charge in [0, 0.05) is 0 Å². The van der Waals surface area contributed by atoms with E-state index in [1.165, 1.54) is 0 Å². The van der Waals surface area contributed by atoms with Gasteiger partial charge in [0.05, 0.1) is 13.7 Å². The minimum absolute atomic E-state index is 0.231. The normalized spacial score (nSPS) is 13.5. The van der Waals surface area contributed by atoms with Crippen LogP contribution in [0.3, 0.4) is 0 Å². The molecule has 0 fully saturated rings. The third-order valence-corrected chi connectivity index (χ3v) is 2.66. The SMILES string of the molecule is COC(=O)C(O)CNC(=O)C(N)c1ccc(C)cc1. The molecule has 0 saturated heterocycles. The van der Waals surface area contributed by atoms with Crippen molar-refractivity contribution in [1.29, 1.82) is 0 Å². The summed E-state index contributed by atoms with van der Waals surface area (Å²) in [6, 6.07) is 6.38. The van der Waals surface area contributed by atoms with Gasteiger partial charge in [-0.1, -0.05) is 29.8 Å². The van der Waals surface area contributed by atoms with Gasteiger partial charge in [0.1, 0.15) is 6.04 Å². The van der Waals surface area contributed by atoms with Crippen molar-refractivity contribution in [2.75, 3.05) is 13.7 Å². The summed E-state index contributed by atoms with van der Waals surface area (Å²) < 4.78 is 4.33. The average molecular weight is 266 g/mol. The molecule has 0 radical (unpaired) electrons. The van der Waals surface area contributed by atoms with E-state index in [2.05, 4.69) is 10.1 Å². The zero-order chi connectivity index (χ0) is 14.4. The summed E-state index contributed by atoms with van der Waals surface area (Å²) in [5.41, 5.74) is 7.50. The molecule has 6 heteroatoms. The summed E-state index contributed by atoms with van der Waals surface area (Å²) in [5, 5.41) is 11.7. The van der Waals surface area contributed by atoms with Crippen LogP contribution in [-0.2, 0) is 14.3 Å². The number of carbonyl (C=O) groups excluding carboxylic acids is 2. The van der Waals surface area contributed by atoms with Crippen LogP contribution in [0.15, 0.2) is 24.3 Å². The van der Waals surface area contributed by atoms with Crippen LogP contribution >= 0.6 is 0 Å². The van der Waals surface area contributed by atoms with Crippen LogP contribution in [0.1, 0.15) is 17.2 Å². The topological polar surface area (TPSA) is 102 Å². The Labute approximate surface area is 111 Å². The molecular formula is C13H18N2O4. The fraction of sp³-hybridized carbons (Fsp3) is 0.385. The van der Waals surface area contributed by atoms with E-state index in [1.54, 1.807) is 12.1 Å². The maximum absolute atomic E-state index is 11.7. The Kier molecular flexibility index (Phi) is 5.47. The predicted molar refractivity (Wildman–Crippen MR) is 69.1 cm³/mol. The van der Waals surface area contributed by atoms with Crippen LogP contribution in [0, 0.1) is 6.92 Å². The van der Waals surface area contributed by atoms with E-state index >= 15 is 0 Å². The molecule has 2 unspecified atom stereocenters. The Hall–Kier alpha value is -1.92. The van der Waals surface area contributed by atoms with E-state index < -0.39 is 24.0 Å². The second kappa shape index (κ2) is 6.86. The number of rotatable bonds is 5. The van der Waals surface area contributed by atoms with Gasteiger partial charge in [0.15, 0.2) is 6.10 Å². The molecule has 4 N–H and O–H groups in total. The van der Waals surface area contributed by atoms with Crippen molar-refractivity contribution in [3.63, 3.8) is 0 Å². The minimum atomic E-state index is -1.39. The number of nitrogens with two attached hydrogens (primary N) is 1. The fourth-order valence-electron chi connectivity index (χ4n) is 1.45. The molecule has 19 heavy (non-hydrogen) atoms. The lowest BCUT2D eigenvalue weighted by Crippen LogP contribution is -2.41. The first-order valence-electron chi connectivity index (χ1n) is 5.81. The molecule has 104 valence electrons. The maximum Gasteiger partial charge on any atom is 0.336 e. The second-order valence-electron chi connectivity index (χ2n) is 4.17.